The normalized spacial score (nSPS) is 10.3. The number of hydrogen-bond acceptors (Lipinski definition) is 2. The number of hydrogen-bond donors (Lipinski definition) is 1. The first-order valence-electron chi connectivity index (χ1n) is 5.24. The fraction of sp³-hybridized carbons (Fsp3) is 0.154. The van der Waals surface area contributed by atoms with E-state index in [2.05, 4.69) is 10.3 Å². The highest BCUT2D eigenvalue weighted by Gasteiger charge is 2.03. The molecule has 0 bridgehead atoms. The highest BCUT2D eigenvalue weighted by molar-refractivity contribution is 6.30. The average molecular weight is 251 g/mol. The van der Waals surface area contributed by atoms with Crippen LogP contribution in [0.25, 0.3) is 0 Å². The Balaban J connectivity index is 2.09. The Bertz CT molecular complexity index is 529. The minimum absolute atomic E-state index is 0.262. The van der Waals surface area contributed by atoms with Crippen LogP contribution in [0.2, 0.25) is 5.02 Å². The monoisotopic (exact) mass is 250 g/mol. The third-order valence-corrected chi connectivity index (χ3v) is 2.60. The molecular weight excluding hydrogens is 239 g/mol. The van der Waals surface area contributed by atoms with Crippen LogP contribution in [-0.2, 0) is 6.54 Å². The van der Waals surface area contributed by atoms with Gasteiger partial charge in [0.1, 0.15) is 5.82 Å². The first kappa shape index (κ1) is 11.9. The molecule has 0 unspecified atom stereocenters. The van der Waals surface area contributed by atoms with Gasteiger partial charge in [-0.05, 0) is 36.8 Å². The van der Waals surface area contributed by atoms with Crippen LogP contribution in [0.1, 0.15) is 11.1 Å². The van der Waals surface area contributed by atoms with Gasteiger partial charge in [-0.15, -0.1) is 0 Å². The molecule has 0 fully saturated rings. The Morgan fingerprint density at radius 2 is 2.12 bits per heavy atom. The van der Waals surface area contributed by atoms with Gasteiger partial charge in [0.05, 0.1) is 5.69 Å². The zero-order valence-electron chi connectivity index (χ0n) is 9.37. The first-order chi connectivity index (χ1) is 8.15. The molecule has 0 saturated heterocycles. The molecule has 0 spiro atoms. The quantitative estimate of drug-likeness (QED) is 0.896. The molecule has 0 aliphatic rings. The maximum absolute atomic E-state index is 13.4. The van der Waals surface area contributed by atoms with Gasteiger partial charge in [0, 0.05) is 29.5 Å². The van der Waals surface area contributed by atoms with E-state index in [0.717, 1.165) is 11.3 Å². The van der Waals surface area contributed by atoms with Gasteiger partial charge < -0.3 is 5.32 Å². The zero-order chi connectivity index (χ0) is 12.3. The van der Waals surface area contributed by atoms with E-state index in [1.54, 1.807) is 18.5 Å². The molecule has 2 aromatic rings. The molecule has 17 heavy (non-hydrogen) atoms. The summed E-state index contributed by atoms with van der Waals surface area (Å²) in [6.45, 7) is 2.34. The molecule has 4 heteroatoms. The molecular formula is C13H12ClFN2. The minimum Gasteiger partial charge on any atom is -0.380 e. The van der Waals surface area contributed by atoms with Gasteiger partial charge in [-0.25, -0.2) is 4.39 Å². The number of halogens is 2. The third kappa shape index (κ3) is 3.17. The van der Waals surface area contributed by atoms with Crippen LogP contribution in [0.4, 0.5) is 10.1 Å². The summed E-state index contributed by atoms with van der Waals surface area (Å²) in [4.78, 5) is 4.05. The molecule has 88 valence electrons. The van der Waals surface area contributed by atoms with Gasteiger partial charge in [0.15, 0.2) is 0 Å². The maximum Gasteiger partial charge on any atom is 0.128 e. The van der Waals surface area contributed by atoms with Crippen molar-refractivity contribution in [3.05, 3.63) is 58.6 Å². The Hall–Kier alpha value is -1.61. The second-order valence-electron chi connectivity index (χ2n) is 3.84. The van der Waals surface area contributed by atoms with Crippen molar-refractivity contribution in [3.8, 4) is 0 Å². The molecule has 2 rings (SSSR count). The number of anilines is 1. The predicted octanol–water partition coefficient (Wildman–Crippen LogP) is 3.79. The SMILES string of the molecule is Cc1cncc(NCc2cc(Cl)ccc2F)c1. The van der Waals surface area contributed by atoms with Crippen molar-refractivity contribution in [1.82, 2.24) is 4.98 Å². The average Bonchev–Trinajstić information content (AvgIpc) is 2.30. The lowest BCUT2D eigenvalue weighted by atomic mass is 10.2. The van der Waals surface area contributed by atoms with Crippen LogP contribution in [0.3, 0.4) is 0 Å². The molecule has 1 heterocycles. The van der Waals surface area contributed by atoms with Crippen molar-refractivity contribution >= 4 is 17.3 Å². The smallest absolute Gasteiger partial charge is 0.128 e. The molecule has 1 aromatic heterocycles. The van der Waals surface area contributed by atoms with E-state index in [-0.39, 0.29) is 5.82 Å². The number of benzene rings is 1. The summed E-state index contributed by atoms with van der Waals surface area (Å²) in [6.07, 6.45) is 3.47. The van der Waals surface area contributed by atoms with Crippen molar-refractivity contribution in [2.24, 2.45) is 0 Å². The van der Waals surface area contributed by atoms with Crippen LogP contribution >= 0.6 is 11.6 Å². The Kier molecular flexibility index (Phi) is 3.59. The van der Waals surface area contributed by atoms with Gasteiger partial charge in [0.25, 0.3) is 0 Å². The summed E-state index contributed by atoms with van der Waals surface area (Å²) in [5.41, 5.74) is 2.46. The Morgan fingerprint density at radius 1 is 1.29 bits per heavy atom. The van der Waals surface area contributed by atoms with Gasteiger partial charge in [-0.1, -0.05) is 11.6 Å². The van der Waals surface area contributed by atoms with E-state index >= 15 is 0 Å². The molecule has 0 atom stereocenters. The summed E-state index contributed by atoms with van der Waals surface area (Å²) in [6, 6.07) is 6.48. The second kappa shape index (κ2) is 5.15. The van der Waals surface area contributed by atoms with Crippen LogP contribution in [0.5, 0.6) is 0 Å². The zero-order valence-corrected chi connectivity index (χ0v) is 10.1. The molecule has 1 N–H and O–H groups in total. The topological polar surface area (TPSA) is 24.9 Å². The van der Waals surface area contributed by atoms with Gasteiger partial charge in [-0.3, -0.25) is 4.98 Å². The molecule has 0 radical (unpaired) electrons. The second-order valence-corrected chi connectivity index (χ2v) is 4.28. The maximum atomic E-state index is 13.4. The van der Waals surface area contributed by atoms with Crippen molar-refractivity contribution in [2.75, 3.05) is 5.32 Å². The molecule has 0 aliphatic heterocycles. The van der Waals surface area contributed by atoms with Gasteiger partial charge in [-0.2, -0.15) is 0 Å². The van der Waals surface area contributed by atoms with Crippen molar-refractivity contribution < 1.29 is 4.39 Å². The number of aryl methyl sites for hydroxylation is 1. The van der Waals surface area contributed by atoms with E-state index < -0.39 is 0 Å². The number of rotatable bonds is 3. The van der Waals surface area contributed by atoms with Gasteiger partial charge >= 0.3 is 0 Å². The van der Waals surface area contributed by atoms with Crippen LogP contribution < -0.4 is 5.32 Å². The molecule has 1 aromatic carbocycles. The Morgan fingerprint density at radius 3 is 2.88 bits per heavy atom. The first-order valence-corrected chi connectivity index (χ1v) is 5.62. The summed E-state index contributed by atoms with van der Waals surface area (Å²) < 4.78 is 13.4. The lowest BCUT2D eigenvalue weighted by Crippen LogP contribution is -2.02. The molecule has 2 nitrogen and oxygen atoms in total. The largest absolute Gasteiger partial charge is 0.380 e. The van der Waals surface area contributed by atoms with Crippen LogP contribution in [-0.4, -0.2) is 4.98 Å². The van der Waals surface area contributed by atoms with E-state index in [9.17, 15) is 4.39 Å². The predicted molar refractivity (Wildman–Crippen MR) is 67.7 cm³/mol. The summed E-state index contributed by atoms with van der Waals surface area (Å²) in [7, 11) is 0. The highest BCUT2D eigenvalue weighted by atomic mass is 35.5. The van der Waals surface area contributed by atoms with Crippen molar-refractivity contribution in [2.45, 2.75) is 13.5 Å². The summed E-state index contributed by atoms with van der Waals surface area (Å²) >= 11 is 5.82. The number of nitrogens with one attached hydrogen (secondary N) is 1. The van der Waals surface area contributed by atoms with E-state index in [4.69, 9.17) is 11.6 Å². The van der Waals surface area contributed by atoms with Crippen molar-refractivity contribution in [1.29, 1.82) is 0 Å². The van der Waals surface area contributed by atoms with E-state index in [0.29, 0.717) is 17.1 Å². The summed E-state index contributed by atoms with van der Waals surface area (Å²) in [5.74, 6) is -0.262. The van der Waals surface area contributed by atoms with E-state index in [1.807, 2.05) is 13.0 Å². The van der Waals surface area contributed by atoms with Crippen molar-refractivity contribution in [3.63, 3.8) is 0 Å². The number of aromatic nitrogens is 1. The molecule has 0 saturated carbocycles. The minimum atomic E-state index is -0.262. The van der Waals surface area contributed by atoms with E-state index in [1.165, 1.54) is 12.1 Å². The molecule has 0 aliphatic carbocycles. The fourth-order valence-corrected chi connectivity index (χ4v) is 1.72. The third-order valence-electron chi connectivity index (χ3n) is 2.37. The molecule has 0 amide bonds. The number of pyridine rings is 1. The Labute approximate surface area is 104 Å². The van der Waals surface area contributed by atoms with Crippen LogP contribution in [0, 0.1) is 12.7 Å². The number of nitrogens with zero attached hydrogens (tertiary/aromatic N) is 1. The highest BCUT2D eigenvalue weighted by Crippen LogP contribution is 2.16. The lowest BCUT2D eigenvalue weighted by Gasteiger charge is -2.08. The fourth-order valence-electron chi connectivity index (χ4n) is 1.53. The summed E-state index contributed by atoms with van der Waals surface area (Å²) in [5, 5.41) is 3.64. The van der Waals surface area contributed by atoms with Crippen LogP contribution in [0.15, 0.2) is 36.7 Å². The lowest BCUT2D eigenvalue weighted by molar-refractivity contribution is 0.613. The van der Waals surface area contributed by atoms with Gasteiger partial charge in [0.2, 0.25) is 0 Å². The standard InChI is InChI=1S/C13H12ClFN2/c1-9-4-12(8-16-6-9)17-7-10-5-11(14)2-3-13(10)15/h2-6,8,17H,7H2,1H3.